The second-order valence-electron chi connectivity index (χ2n) is 14.7. The minimum atomic E-state index is -4.84. The van der Waals surface area contributed by atoms with Crippen LogP contribution in [0.25, 0.3) is 10.2 Å². The Kier molecular flexibility index (Phi) is 10.1. The number of hydrogen-bond donors (Lipinski definition) is 3. The lowest BCUT2D eigenvalue weighted by Gasteiger charge is -2.30. The normalized spacial score (nSPS) is 27.9. The van der Waals surface area contributed by atoms with E-state index in [9.17, 15) is 40.4 Å². The van der Waals surface area contributed by atoms with Crippen LogP contribution in [0.3, 0.4) is 0 Å². The van der Waals surface area contributed by atoms with Crippen molar-refractivity contribution in [2.45, 2.75) is 99.4 Å². The van der Waals surface area contributed by atoms with Crippen LogP contribution in [0.5, 0.6) is 5.19 Å². The molecule has 0 bridgehead atoms. The number of nitrogens with one attached hydrogen (secondary N) is 3. The first-order chi connectivity index (χ1) is 25.5. The van der Waals surface area contributed by atoms with E-state index < -0.39 is 79.7 Å². The molecule has 11 nitrogen and oxygen atoms in total. The van der Waals surface area contributed by atoms with Crippen molar-refractivity contribution >= 4 is 66.6 Å². The Morgan fingerprint density at radius 3 is 2.65 bits per heavy atom. The molecule has 2 saturated carbocycles. The van der Waals surface area contributed by atoms with Gasteiger partial charge in [-0.05, 0) is 81.8 Å². The molecule has 2 aliphatic heterocycles. The summed E-state index contributed by atoms with van der Waals surface area (Å²) in [7, 11) is -4.04. The van der Waals surface area contributed by atoms with Crippen LogP contribution in [0.2, 0.25) is 5.02 Å². The van der Waals surface area contributed by atoms with Gasteiger partial charge in [0.15, 0.2) is 0 Å². The van der Waals surface area contributed by atoms with Gasteiger partial charge in [-0.25, -0.2) is 17.8 Å². The Bertz CT molecular complexity index is 2130. The first-order valence-electron chi connectivity index (χ1n) is 17.7. The summed E-state index contributed by atoms with van der Waals surface area (Å²) in [6.45, 7) is 1.41. The van der Waals surface area contributed by atoms with Gasteiger partial charge in [-0.1, -0.05) is 47.9 Å². The Balaban J connectivity index is 1.20. The van der Waals surface area contributed by atoms with E-state index in [0.717, 1.165) is 16.8 Å². The molecule has 3 N–H and O–H groups in total. The van der Waals surface area contributed by atoms with E-state index in [2.05, 4.69) is 20.3 Å². The maximum atomic E-state index is 14.5. The first kappa shape index (κ1) is 38.3. The Labute approximate surface area is 317 Å². The number of thiazole rings is 1. The molecule has 3 aromatic rings. The van der Waals surface area contributed by atoms with Crippen LogP contribution in [0.4, 0.5) is 23.2 Å². The van der Waals surface area contributed by atoms with Gasteiger partial charge in [0.2, 0.25) is 21.8 Å². The largest absolute Gasteiger partial charge is 0.465 e. The third kappa shape index (κ3) is 7.89. The number of rotatable bonds is 7. The first-order valence-corrected chi connectivity index (χ1v) is 20.4. The number of allylic oxidation sites excluding steroid dienone is 1. The van der Waals surface area contributed by atoms with Gasteiger partial charge in [0.25, 0.3) is 11.1 Å². The van der Waals surface area contributed by atoms with Crippen molar-refractivity contribution < 1.29 is 45.1 Å². The van der Waals surface area contributed by atoms with Crippen molar-refractivity contribution in [3.8, 4) is 5.19 Å². The highest BCUT2D eigenvalue weighted by molar-refractivity contribution is 7.91. The molecule has 2 aliphatic carbocycles. The zero-order chi connectivity index (χ0) is 38.6. The average Bonchev–Trinajstić information content (AvgIpc) is 3.91. The number of amides is 3. The van der Waals surface area contributed by atoms with Crippen molar-refractivity contribution in [1.82, 2.24) is 19.9 Å². The predicted molar refractivity (Wildman–Crippen MR) is 194 cm³/mol. The molecule has 54 heavy (non-hydrogen) atoms. The Hall–Kier alpha value is -3.96. The minimum absolute atomic E-state index is 0.0479. The Morgan fingerprint density at radius 1 is 1.13 bits per heavy atom. The molecule has 3 heterocycles. The molecule has 290 valence electrons. The molecule has 2 aromatic carbocycles. The summed E-state index contributed by atoms with van der Waals surface area (Å²) in [5.41, 5.74) is -2.47. The molecule has 1 saturated heterocycles. The number of aromatic nitrogens is 1. The van der Waals surface area contributed by atoms with Gasteiger partial charge < -0.3 is 20.3 Å². The van der Waals surface area contributed by atoms with Gasteiger partial charge in [-0.2, -0.15) is 13.2 Å². The average molecular weight is 812 g/mol. The lowest BCUT2D eigenvalue weighted by Crippen LogP contribution is -2.58. The van der Waals surface area contributed by atoms with E-state index in [1.807, 2.05) is 6.08 Å². The molecule has 5 atom stereocenters. The second kappa shape index (κ2) is 14.3. The monoisotopic (exact) mass is 811 g/mol. The van der Waals surface area contributed by atoms with Crippen LogP contribution in [0, 0.1) is 11.7 Å². The van der Waals surface area contributed by atoms with Crippen LogP contribution in [0.1, 0.15) is 70.3 Å². The van der Waals surface area contributed by atoms with Crippen molar-refractivity contribution in [3.63, 3.8) is 0 Å². The van der Waals surface area contributed by atoms with Gasteiger partial charge >= 0.3 is 6.18 Å². The van der Waals surface area contributed by atoms with Crippen molar-refractivity contribution in [2.24, 2.45) is 5.92 Å². The number of sulfonamides is 1. The molecule has 0 unspecified atom stereocenters. The smallest absolute Gasteiger partial charge is 0.416 e. The van der Waals surface area contributed by atoms with Crippen LogP contribution < -0.4 is 20.1 Å². The van der Waals surface area contributed by atoms with Crippen molar-refractivity contribution in [2.75, 3.05) is 11.9 Å². The fourth-order valence-corrected chi connectivity index (χ4v) is 9.52. The molecule has 1 aromatic heterocycles. The van der Waals surface area contributed by atoms with Crippen LogP contribution in [-0.4, -0.2) is 71.0 Å². The van der Waals surface area contributed by atoms with Crippen LogP contribution in [0.15, 0.2) is 48.6 Å². The van der Waals surface area contributed by atoms with Gasteiger partial charge in [0, 0.05) is 23.0 Å². The Morgan fingerprint density at radius 2 is 1.91 bits per heavy atom. The summed E-state index contributed by atoms with van der Waals surface area (Å²) in [5, 5.41) is 6.35. The number of hydrogen-bond acceptors (Lipinski definition) is 9. The predicted octanol–water partition coefficient (Wildman–Crippen LogP) is 6.33. The summed E-state index contributed by atoms with van der Waals surface area (Å²) in [4.78, 5) is 48.3. The van der Waals surface area contributed by atoms with Gasteiger partial charge in [0.05, 0.1) is 27.1 Å². The number of ether oxygens (including phenoxy) is 1. The number of nitrogens with zero attached hydrogens (tertiary/aromatic N) is 2. The summed E-state index contributed by atoms with van der Waals surface area (Å²) in [5.74, 6) is -3.89. The molecule has 7 rings (SSSR count). The van der Waals surface area contributed by atoms with E-state index in [0.29, 0.717) is 55.1 Å². The highest BCUT2D eigenvalue weighted by Gasteiger charge is 2.63. The number of halogens is 5. The number of carbonyl (C=O) groups is 3. The lowest BCUT2D eigenvalue weighted by atomic mass is 10.0. The fourth-order valence-electron chi connectivity index (χ4n) is 7.05. The van der Waals surface area contributed by atoms with Gasteiger partial charge in [0.1, 0.15) is 29.5 Å². The standard InChI is InChI=1S/C36H38ClF4N5O6S2/c1-34(11-12-34)54(50,51)45-32(49)35-18-20(35)7-5-3-2-4-6-8-27(42-24-14-21(36(39,40)41)13-23(38)16-24)31(48)46-19-25(17-28(46)30(47)44-35)52-33-43-26-10-9-22(37)15-29(26)53-33/h5,7,9-10,13-16,20,25,27-28,42H,2-4,6,8,11-12,17-19H2,1H3,(H,44,47)(H,45,49)/b7-5-/t20-,25-,27+,28+,35-/m1/s1. The zero-order valence-corrected chi connectivity index (χ0v) is 31.4. The van der Waals surface area contributed by atoms with Crippen LogP contribution in [-0.2, 0) is 30.6 Å². The summed E-state index contributed by atoms with van der Waals surface area (Å²) in [6.07, 6.45) is 1.44. The molecule has 0 spiro atoms. The number of benzene rings is 2. The second-order valence-corrected chi connectivity index (χ2v) is 18.3. The third-order valence-corrected chi connectivity index (χ3v) is 13.9. The number of fused-ring (bicyclic) bond motifs is 3. The highest BCUT2D eigenvalue weighted by Crippen LogP contribution is 2.47. The van der Waals surface area contributed by atoms with E-state index in [-0.39, 0.29) is 36.7 Å². The van der Waals surface area contributed by atoms with E-state index >= 15 is 0 Å². The third-order valence-electron chi connectivity index (χ3n) is 10.6. The molecular formula is C36H38ClF4N5O6S2. The van der Waals surface area contributed by atoms with Crippen molar-refractivity contribution in [3.05, 3.63) is 65.0 Å². The summed E-state index contributed by atoms with van der Waals surface area (Å²) in [6, 6.07) is 4.68. The maximum Gasteiger partial charge on any atom is 0.416 e. The number of alkyl halides is 3. The van der Waals surface area contributed by atoms with Gasteiger partial charge in [-0.15, -0.1) is 0 Å². The fraction of sp³-hybridized carbons (Fsp3) is 0.500. The van der Waals surface area contributed by atoms with Crippen LogP contribution >= 0.6 is 22.9 Å². The topological polar surface area (TPSA) is 147 Å². The van der Waals surface area contributed by atoms with Gasteiger partial charge in [-0.3, -0.25) is 19.1 Å². The molecule has 18 heteroatoms. The minimum Gasteiger partial charge on any atom is -0.465 e. The molecule has 4 aliphatic rings. The maximum absolute atomic E-state index is 14.5. The molecular weight excluding hydrogens is 774 g/mol. The SMILES string of the molecule is CC1(S(=O)(=O)NC(=O)[C@@]23C[C@H]2/C=C\CCCCC[C@H](Nc2cc(F)cc(C(F)(F)F)c2)C(=O)N2C[C@H](Oc4nc5ccc(Cl)cc5s4)C[C@H]2C(=O)N3)CC1. The van der Waals surface area contributed by atoms with E-state index in [1.165, 1.54) is 16.2 Å². The zero-order valence-electron chi connectivity index (χ0n) is 29.0. The highest BCUT2D eigenvalue weighted by atomic mass is 35.5. The molecule has 0 radical (unpaired) electrons. The number of carbonyl (C=O) groups excluding carboxylic acids is 3. The van der Waals surface area contributed by atoms with Crippen molar-refractivity contribution in [1.29, 1.82) is 0 Å². The molecule has 3 amide bonds. The lowest BCUT2D eigenvalue weighted by molar-refractivity contribution is -0.140. The van der Waals surface area contributed by atoms with E-state index in [1.54, 1.807) is 31.2 Å². The summed E-state index contributed by atoms with van der Waals surface area (Å²) >= 11 is 7.36. The molecule has 3 fully saturated rings. The number of anilines is 1. The van der Waals surface area contributed by atoms with E-state index in [4.69, 9.17) is 16.3 Å². The summed E-state index contributed by atoms with van der Waals surface area (Å²) < 4.78 is 89.5. The quantitative estimate of drug-likeness (QED) is 0.186.